The molecular weight excluding hydrogens is 426 g/mol. The van der Waals surface area contributed by atoms with Crippen molar-refractivity contribution in [3.05, 3.63) is 83.4 Å². The smallest absolute Gasteiger partial charge is 0.322 e. The topological polar surface area (TPSA) is 78.5 Å². The maximum absolute atomic E-state index is 13.2. The van der Waals surface area contributed by atoms with Gasteiger partial charge in [-0.2, -0.15) is 0 Å². The molecule has 0 bridgehead atoms. The number of imide groups is 1. The predicted molar refractivity (Wildman–Crippen MR) is 131 cm³/mol. The zero-order valence-corrected chi connectivity index (χ0v) is 19.5. The molecule has 2 saturated heterocycles. The van der Waals surface area contributed by atoms with Gasteiger partial charge in [-0.1, -0.05) is 68.4 Å². The van der Waals surface area contributed by atoms with Gasteiger partial charge >= 0.3 is 6.03 Å². The third-order valence-electron chi connectivity index (χ3n) is 7.38. The minimum absolute atomic E-state index is 0.00187. The van der Waals surface area contributed by atoms with Gasteiger partial charge in [-0.15, -0.1) is 0 Å². The van der Waals surface area contributed by atoms with Crippen LogP contribution in [0.5, 0.6) is 0 Å². The Morgan fingerprint density at radius 3 is 2.24 bits per heavy atom. The number of urea groups is 1. The molecule has 0 spiro atoms. The summed E-state index contributed by atoms with van der Waals surface area (Å²) in [7, 11) is 0. The first-order chi connectivity index (χ1) is 16.4. The Balaban J connectivity index is 1.27. The van der Waals surface area contributed by atoms with E-state index in [1.54, 1.807) is 24.3 Å². The molecule has 1 unspecified atom stereocenters. The van der Waals surface area contributed by atoms with E-state index in [2.05, 4.69) is 53.1 Å². The summed E-state index contributed by atoms with van der Waals surface area (Å²) in [5.41, 5.74) is 1.50. The zero-order chi connectivity index (χ0) is 23.9. The molecule has 3 aromatic rings. The van der Waals surface area contributed by atoms with Crippen LogP contribution in [0.4, 0.5) is 4.79 Å². The normalized spacial score (nSPS) is 21.1. The molecule has 1 atom stereocenters. The molecule has 3 aromatic carbocycles. The molecular formula is C28H29N3O3. The van der Waals surface area contributed by atoms with E-state index in [0.29, 0.717) is 30.1 Å². The van der Waals surface area contributed by atoms with E-state index in [-0.39, 0.29) is 17.7 Å². The molecule has 0 aromatic heterocycles. The van der Waals surface area contributed by atoms with Gasteiger partial charge in [-0.25, -0.2) is 4.79 Å². The second kappa shape index (κ2) is 8.60. The summed E-state index contributed by atoms with van der Waals surface area (Å²) in [5, 5.41) is 7.62. The molecule has 34 heavy (non-hydrogen) atoms. The minimum Gasteiger partial charge on any atom is -0.339 e. The van der Waals surface area contributed by atoms with Crippen molar-refractivity contribution < 1.29 is 14.4 Å². The summed E-state index contributed by atoms with van der Waals surface area (Å²) in [6.07, 6.45) is 1.87. The molecule has 174 valence electrons. The summed E-state index contributed by atoms with van der Waals surface area (Å²) >= 11 is 0. The summed E-state index contributed by atoms with van der Waals surface area (Å²) in [4.78, 5) is 39.5. The zero-order valence-electron chi connectivity index (χ0n) is 19.5. The largest absolute Gasteiger partial charge is 0.339 e. The molecule has 2 N–H and O–H groups in total. The first-order valence-electron chi connectivity index (χ1n) is 11.9. The van der Waals surface area contributed by atoms with Crippen molar-refractivity contribution >= 4 is 28.6 Å². The highest BCUT2D eigenvalue weighted by Crippen LogP contribution is 2.34. The van der Waals surface area contributed by atoms with Gasteiger partial charge in [-0.3, -0.25) is 14.9 Å². The van der Waals surface area contributed by atoms with Crippen LogP contribution in [0.15, 0.2) is 66.7 Å². The lowest BCUT2D eigenvalue weighted by Gasteiger charge is -2.33. The third-order valence-corrected chi connectivity index (χ3v) is 7.38. The summed E-state index contributed by atoms with van der Waals surface area (Å²) in [6.45, 7) is 5.22. The van der Waals surface area contributed by atoms with Gasteiger partial charge in [0, 0.05) is 18.7 Å². The van der Waals surface area contributed by atoms with Gasteiger partial charge in [0.25, 0.3) is 11.8 Å². The van der Waals surface area contributed by atoms with Crippen LogP contribution >= 0.6 is 0 Å². The fraction of sp³-hybridized carbons (Fsp3) is 0.321. The summed E-state index contributed by atoms with van der Waals surface area (Å²) < 4.78 is 0. The predicted octanol–water partition coefficient (Wildman–Crippen LogP) is 4.55. The van der Waals surface area contributed by atoms with Crippen LogP contribution < -0.4 is 10.6 Å². The van der Waals surface area contributed by atoms with Crippen molar-refractivity contribution in [2.45, 2.75) is 38.1 Å². The number of nitrogens with zero attached hydrogens (tertiary/aromatic N) is 1. The molecule has 2 fully saturated rings. The van der Waals surface area contributed by atoms with E-state index >= 15 is 0 Å². The summed E-state index contributed by atoms with van der Waals surface area (Å²) in [6, 6.07) is 21.6. The fourth-order valence-corrected chi connectivity index (χ4v) is 5.35. The van der Waals surface area contributed by atoms with Crippen molar-refractivity contribution in [1.29, 1.82) is 0 Å². The lowest BCUT2D eigenvalue weighted by atomic mass is 9.79. The van der Waals surface area contributed by atoms with Crippen molar-refractivity contribution in [2.24, 2.45) is 5.92 Å². The standard InChI is InChI=1S/C28H29N3O3/c1-18(2)28(26(33)29-27(34)30-28)24-11-9-21(10-12-24)25(32)31-15-13-20(14-16-31)23-8-7-19-5-3-4-6-22(19)17-23/h3-12,17-18,20H,13-16H2,1-2H3,(H2,29,30,33,34). The van der Waals surface area contributed by atoms with E-state index < -0.39 is 11.6 Å². The molecule has 5 rings (SSSR count). The second-order valence-corrected chi connectivity index (χ2v) is 9.62. The number of fused-ring (bicyclic) bond motifs is 1. The highest BCUT2D eigenvalue weighted by atomic mass is 16.2. The number of carbonyl (C=O) groups is 3. The van der Waals surface area contributed by atoms with Crippen LogP contribution in [0.2, 0.25) is 0 Å². The number of piperidine rings is 1. The molecule has 4 amide bonds. The summed E-state index contributed by atoms with van der Waals surface area (Å²) in [5.74, 6) is -0.0505. The molecule has 6 heteroatoms. The van der Waals surface area contributed by atoms with Crippen molar-refractivity contribution in [2.75, 3.05) is 13.1 Å². The van der Waals surface area contributed by atoms with Gasteiger partial charge in [0.1, 0.15) is 5.54 Å². The van der Waals surface area contributed by atoms with E-state index in [1.165, 1.54) is 16.3 Å². The number of rotatable bonds is 4. The van der Waals surface area contributed by atoms with Crippen LogP contribution in [0.1, 0.15) is 54.1 Å². The molecule has 0 saturated carbocycles. The maximum atomic E-state index is 13.2. The van der Waals surface area contributed by atoms with Gasteiger partial charge in [0.2, 0.25) is 0 Å². The molecule has 0 aliphatic carbocycles. The van der Waals surface area contributed by atoms with Gasteiger partial charge < -0.3 is 10.2 Å². The molecule has 2 aliphatic heterocycles. The second-order valence-electron chi connectivity index (χ2n) is 9.62. The third kappa shape index (κ3) is 3.73. The van der Waals surface area contributed by atoms with Crippen molar-refractivity contribution in [3.8, 4) is 0 Å². The lowest BCUT2D eigenvalue weighted by molar-refractivity contribution is -0.125. The molecule has 6 nitrogen and oxygen atoms in total. The number of carbonyl (C=O) groups excluding carboxylic acids is 3. The average Bonchev–Trinajstić information content (AvgIpc) is 3.18. The maximum Gasteiger partial charge on any atom is 0.322 e. The Morgan fingerprint density at radius 1 is 0.941 bits per heavy atom. The van der Waals surface area contributed by atoms with Crippen LogP contribution in [-0.4, -0.2) is 35.8 Å². The van der Waals surface area contributed by atoms with Gasteiger partial charge in [0.15, 0.2) is 0 Å². The first kappa shape index (κ1) is 22.1. The molecule has 0 radical (unpaired) electrons. The number of benzene rings is 3. The van der Waals surface area contributed by atoms with Gasteiger partial charge in [-0.05, 0) is 58.7 Å². The molecule has 2 heterocycles. The highest BCUT2D eigenvalue weighted by molar-refractivity contribution is 6.07. The Morgan fingerprint density at radius 2 is 1.62 bits per heavy atom. The van der Waals surface area contributed by atoms with Crippen LogP contribution in [0.25, 0.3) is 10.8 Å². The number of hydrogen-bond donors (Lipinski definition) is 2. The van der Waals surface area contributed by atoms with Crippen molar-refractivity contribution in [3.63, 3.8) is 0 Å². The Hall–Kier alpha value is -3.67. The van der Waals surface area contributed by atoms with Crippen LogP contribution in [0.3, 0.4) is 0 Å². The number of amides is 4. The SMILES string of the molecule is CC(C)C1(c2ccc(C(=O)N3CCC(c4ccc5ccccc5c4)CC3)cc2)NC(=O)NC1=O. The quantitative estimate of drug-likeness (QED) is 0.567. The van der Waals surface area contributed by atoms with E-state index in [4.69, 9.17) is 0 Å². The average molecular weight is 456 g/mol. The number of hydrogen-bond acceptors (Lipinski definition) is 3. The van der Waals surface area contributed by atoms with E-state index in [0.717, 1.165) is 12.8 Å². The highest BCUT2D eigenvalue weighted by Gasteiger charge is 2.50. The van der Waals surface area contributed by atoms with E-state index in [1.807, 2.05) is 18.7 Å². The van der Waals surface area contributed by atoms with Crippen LogP contribution in [0, 0.1) is 5.92 Å². The Kier molecular flexibility index (Phi) is 5.60. The minimum atomic E-state index is -1.11. The van der Waals surface area contributed by atoms with Crippen molar-refractivity contribution in [1.82, 2.24) is 15.5 Å². The fourth-order valence-electron chi connectivity index (χ4n) is 5.35. The van der Waals surface area contributed by atoms with Gasteiger partial charge in [0.05, 0.1) is 0 Å². The van der Waals surface area contributed by atoms with E-state index in [9.17, 15) is 14.4 Å². The number of nitrogens with one attached hydrogen (secondary N) is 2. The lowest BCUT2D eigenvalue weighted by Crippen LogP contribution is -2.48. The monoisotopic (exact) mass is 455 g/mol. The Bertz CT molecular complexity index is 1260. The first-order valence-corrected chi connectivity index (χ1v) is 11.9. The number of likely N-dealkylation sites (tertiary alicyclic amines) is 1. The Labute approximate surface area is 199 Å². The van der Waals surface area contributed by atoms with Crippen LogP contribution in [-0.2, 0) is 10.3 Å². The molecule has 2 aliphatic rings.